The molecule has 0 radical (unpaired) electrons. The Morgan fingerprint density at radius 1 is 0.507 bits per heavy atom. The zero-order valence-electron chi connectivity index (χ0n) is 43.9. The van der Waals surface area contributed by atoms with Gasteiger partial charge in [-0.05, 0) is 115 Å². The maximum Gasteiger partial charge on any atom is 0.0274 e. The van der Waals surface area contributed by atoms with Crippen molar-refractivity contribution in [1.29, 1.82) is 0 Å². The standard InChI is InChI=1S/C71H80/c1-7-9-10-11-12-13-14-32-51-69(52-56-36-19-15-20-37-56)70(8-2,60-44-25-18-26-45-60)66(64-49-34-43-59-42-27-28-47-62(59)64)65(63-48-30-29-46-61(63)58-40-23-17-24-41-58)67(68(6)50-33-31-35-55(68)5)71(69,54(3)4)53-57-38-21-16-22-39-57/h15-31,33-50,54-55,67H,7-14,32,51-53H2,1-6H3. The molecule has 0 fully saturated rings. The number of allylic oxidation sites excluding steroid dienone is 6. The van der Waals surface area contributed by atoms with Crippen LogP contribution < -0.4 is 0 Å². The van der Waals surface area contributed by atoms with Gasteiger partial charge < -0.3 is 0 Å². The summed E-state index contributed by atoms with van der Waals surface area (Å²) in [6.45, 7) is 15.4. The first-order chi connectivity index (χ1) is 34.8. The fourth-order valence-corrected chi connectivity index (χ4v) is 14.8. The Bertz CT molecular complexity index is 2900. The first-order valence-corrected chi connectivity index (χ1v) is 27.6. The highest BCUT2D eigenvalue weighted by atomic mass is 14.7. The highest BCUT2D eigenvalue weighted by Gasteiger charge is 2.72. The predicted octanol–water partition coefficient (Wildman–Crippen LogP) is 19.8. The van der Waals surface area contributed by atoms with E-state index in [4.69, 9.17) is 0 Å². The quantitative estimate of drug-likeness (QED) is 0.0668. The van der Waals surface area contributed by atoms with Gasteiger partial charge in [-0.1, -0.05) is 305 Å². The Labute approximate surface area is 429 Å². The van der Waals surface area contributed by atoms with Crippen LogP contribution in [0.4, 0.5) is 0 Å². The van der Waals surface area contributed by atoms with Crippen LogP contribution in [-0.2, 0) is 18.3 Å². The molecule has 7 aromatic carbocycles. The molecule has 6 unspecified atom stereocenters. The fraction of sp³-hybridized carbons (Fsp3) is 0.352. The van der Waals surface area contributed by atoms with Gasteiger partial charge in [0.25, 0.3) is 0 Å². The largest absolute Gasteiger partial charge is 0.0808 e. The number of hydrogen-bond acceptors (Lipinski definition) is 0. The second kappa shape index (κ2) is 22.2. The lowest BCUT2D eigenvalue weighted by molar-refractivity contribution is -0.131. The summed E-state index contributed by atoms with van der Waals surface area (Å²) in [6.07, 6.45) is 24.3. The molecule has 0 bridgehead atoms. The Morgan fingerprint density at radius 3 is 1.68 bits per heavy atom. The van der Waals surface area contributed by atoms with Crippen molar-refractivity contribution in [3.05, 3.63) is 240 Å². The monoisotopic (exact) mass is 933 g/mol. The summed E-state index contributed by atoms with van der Waals surface area (Å²) in [7, 11) is 0. The molecule has 0 N–H and O–H groups in total. The van der Waals surface area contributed by atoms with E-state index in [0.717, 1.165) is 25.7 Å². The Kier molecular flexibility index (Phi) is 15.6. The molecule has 2 aliphatic rings. The lowest BCUT2D eigenvalue weighted by Gasteiger charge is -2.72. The maximum absolute atomic E-state index is 2.67. The van der Waals surface area contributed by atoms with Crippen LogP contribution in [0.1, 0.15) is 134 Å². The average molecular weight is 933 g/mol. The molecule has 6 atom stereocenters. The molecule has 71 heavy (non-hydrogen) atoms. The fourth-order valence-electron chi connectivity index (χ4n) is 14.8. The van der Waals surface area contributed by atoms with Crippen LogP contribution in [0.5, 0.6) is 0 Å². The minimum atomic E-state index is -0.460. The summed E-state index contributed by atoms with van der Waals surface area (Å²) in [5, 5.41) is 2.63. The van der Waals surface area contributed by atoms with Crippen molar-refractivity contribution in [2.24, 2.45) is 34.0 Å². The van der Waals surface area contributed by atoms with E-state index in [9.17, 15) is 0 Å². The van der Waals surface area contributed by atoms with Gasteiger partial charge in [0.1, 0.15) is 0 Å². The molecule has 0 amide bonds. The molecule has 0 nitrogen and oxygen atoms in total. The molecule has 364 valence electrons. The van der Waals surface area contributed by atoms with Crippen molar-refractivity contribution in [3.8, 4) is 11.1 Å². The first kappa shape index (κ1) is 50.0. The van der Waals surface area contributed by atoms with E-state index in [1.165, 1.54) is 112 Å². The number of rotatable bonds is 20. The third kappa shape index (κ3) is 9.15. The van der Waals surface area contributed by atoms with E-state index in [1.54, 1.807) is 0 Å². The van der Waals surface area contributed by atoms with E-state index in [0.29, 0.717) is 0 Å². The lowest BCUT2D eigenvalue weighted by atomic mass is 9.30. The smallest absolute Gasteiger partial charge is 0.0274 e. The molecule has 0 saturated carbocycles. The van der Waals surface area contributed by atoms with Gasteiger partial charge in [-0.3, -0.25) is 0 Å². The maximum atomic E-state index is 2.67. The van der Waals surface area contributed by atoms with Gasteiger partial charge in [0, 0.05) is 11.3 Å². The number of fused-ring (bicyclic) bond motifs is 1. The molecular weight excluding hydrogens is 853 g/mol. The number of unbranched alkanes of at least 4 members (excludes halogenated alkanes) is 7. The molecule has 0 saturated heterocycles. The van der Waals surface area contributed by atoms with Crippen LogP contribution in [0.25, 0.3) is 33.0 Å². The van der Waals surface area contributed by atoms with Crippen LogP contribution in [0.15, 0.2) is 212 Å². The third-order valence-electron chi connectivity index (χ3n) is 18.1. The highest BCUT2D eigenvalue weighted by Crippen LogP contribution is 2.78. The Morgan fingerprint density at radius 2 is 1.04 bits per heavy atom. The summed E-state index contributed by atoms with van der Waals surface area (Å²) in [4.78, 5) is 0. The lowest BCUT2D eigenvalue weighted by Crippen LogP contribution is -2.68. The summed E-state index contributed by atoms with van der Waals surface area (Å²) >= 11 is 0. The molecule has 2 aliphatic carbocycles. The van der Waals surface area contributed by atoms with Gasteiger partial charge in [-0.2, -0.15) is 0 Å². The van der Waals surface area contributed by atoms with E-state index < -0.39 is 5.41 Å². The van der Waals surface area contributed by atoms with Crippen LogP contribution in [0.2, 0.25) is 0 Å². The average Bonchev–Trinajstić information content (AvgIpc) is 3.41. The van der Waals surface area contributed by atoms with E-state index in [2.05, 4.69) is 254 Å². The van der Waals surface area contributed by atoms with Gasteiger partial charge in [0.15, 0.2) is 0 Å². The second-order valence-corrected chi connectivity index (χ2v) is 22.0. The van der Waals surface area contributed by atoms with Crippen molar-refractivity contribution < 1.29 is 0 Å². The zero-order chi connectivity index (χ0) is 49.3. The zero-order valence-corrected chi connectivity index (χ0v) is 43.9. The summed E-state index contributed by atoms with van der Waals surface area (Å²) < 4.78 is 0. The van der Waals surface area contributed by atoms with Crippen molar-refractivity contribution in [2.45, 2.75) is 124 Å². The normalized spacial score (nSPS) is 24.2. The third-order valence-corrected chi connectivity index (χ3v) is 18.1. The summed E-state index contributed by atoms with van der Waals surface area (Å²) in [6, 6.07) is 73.0. The van der Waals surface area contributed by atoms with Gasteiger partial charge in [0.2, 0.25) is 0 Å². The van der Waals surface area contributed by atoms with Crippen LogP contribution >= 0.6 is 0 Å². The Hall–Kier alpha value is -5.98. The topological polar surface area (TPSA) is 0 Å². The molecule has 0 spiro atoms. The summed E-state index contributed by atoms with van der Waals surface area (Å²) in [5.74, 6) is 0.616. The predicted molar refractivity (Wildman–Crippen MR) is 307 cm³/mol. The van der Waals surface area contributed by atoms with Gasteiger partial charge >= 0.3 is 0 Å². The van der Waals surface area contributed by atoms with Crippen molar-refractivity contribution in [3.63, 3.8) is 0 Å². The first-order valence-electron chi connectivity index (χ1n) is 27.6. The molecule has 9 rings (SSSR count). The van der Waals surface area contributed by atoms with Gasteiger partial charge in [-0.25, -0.2) is 0 Å². The van der Waals surface area contributed by atoms with Crippen LogP contribution in [0, 0.1) is 34.0 Å². The molecule has 7 aromatic rings. The van der Waals surface area contributed by atoms with Gasteiger partial charge in [0.05, 0.1) is 0 Å². The Balaban J connectivity index is 1.55. The van der Waals surface area contributed by atoms with E-state index in [-0.39, 0.29) is 34.0 Å². The summed E-state index contributed by atoms with van der Waals surface area (Å²) in [5.41, 5.74) is 11.4. The SMILES string of the molecule is CCCCCCCCCCC1(Cc2ccccc2)C(CC)(c2ccccc2)C(c2cccc3ccccc23)=C(c2ccccc2-c2ccccc2)C(C2(C)C=CC=CC2C)C1(Cc1ccccc1)C(C)C. The molecule has 0 aliphatic heterocycles. The molecular formula is C71H80. The van der Waals surface area contributed by atoms with Crippen molar-refractivity contribution in [2.75, 3.05) is 0 Å². The minimum Gasteiger partial charge on any atom is -0.0808 e. The minimum absolute atomic E-state index is 0.0754. The van der Waals surface area contributed by atoms with Gasteiger partial charge in [-0.15, -0.1) is 0 Å². The second-order valence-electron chi connectivity index (χ2n) is 22.0. The van der Waals surface area contributed by atoms with E-state index >= 15 is 0 Å². The number of benzene rings is 7. The molecule has 0 heteroatoms. The van der Waals surface area contributed by atoms with E-state index in [1.807, 2.05) is 0 Å². The van der Waals surface area contributed by atoms with Crippen LogP contribution in [-0.4, -0.2) is 0 Å². The van der Waals surface area contributed by atoms with Crippen molar-refractivity contribution in [1.82, 2.24) is 0 Å². The van der Waals surface area contributed by atoms with Crippen LogP contribution in [0.3, 0.4) is 0 Å². The van der Waals surface area contributed by atoms with Crippen molar-refractivity contribution >= 4 is 21.9 Å². The molecule has 0 aromatic heterocycles. The molecule has 0 heterocycles. The number of hydrogen-bond donors (Lipinski definition) is 0. The highest BCUT2D eigenvalue weighted by molar-refractivity contribution is 6.08.